The maximum Gasteiger partial charge on any atom is 0.406 e. The molecule has 6 heteroatoms. The van der Waals surface area contributed by atoms with Crippen LogP contribution < -0.4 is 5.32 Å². The third-order valence-electron chi connectivity index (χ3n) is 2.88. The van der Waals surface area contributed by atoms with E-state index in [2.05, 4.69) is 5.32 Å². The number of hydrogen-bond donors (Lipinski definition) is 1. The van der Waals surface area contributed by atoms with Crippen molar-refractivity contribution < 1.29 is 18.0 Å². The molecule has 0 aromatic heterocycles. The van der Waals surface area contributed by atoms with Gasteiger partial charge in [-0.15, -0.1) is 0 Å². The fourth-order valence-electron chi connectivity index (χ4n) is 2.04. The molecule has 0 spiro atoms. The highest BCUT2D eigenvalue weighted by atomic mass is 19.4. The van der Waals surface area contributed by atoms with E-state index in [0.29, 0.717) is 13.0 Å². The lowest BCUT2D eigenvalue weighted by atomic mass is 9.81. The van der Waals surface area contributed by atoms with E-state index in [-0.39, 0.29) is 0 Å². The van der Waals surface area contributed by atoms with Crippen LogP contribution in [0.3, 0.4) is 0 Å². The fourth-order valence-corrected chi connectivity index (χ4v) is 2.04. The highest BCUT2D eigenvalue weighted by Gasteiger charge is 2.40. The predicted molar refractivity (Wildman–Crippen MR) is 53.9 cm³/mol. The predicted octanol–water partition coefficient (Wildman–Crippen LogP) is 1.40. The van der Waals surface area contributed by atoms with Crippen molar-refractivity contribution in [1.82, 2.24) is 10.2 Å². The van der Waals surface area contributed by atoms with Crippen LogP contribution in [0.4, 0.5) is 13.2 Å². The Morgan fingerprint density at radius 3 is 2.56 bits per heavy atom. The van der Waals surface area contributed by atoms with Gasteiger partial charge < -0.3 is 10.2 Å². The van der Waals surface area contributed by atoms with E-state index in [9.17, 15) is 18.0 Å². The Bertz CT molecular complexity index is 259. The maximum absolute atomic E-state index is 12.1. The monoisotopic (exact) mass is 238 g/mol. The lowest BCUT2D eigenvalue weighted by molar-refractivity contribution is -0.165. The summed E-state index contributed by atoms with van der Waals surface area (Å²) in [5.41, 5.74) is -0.696. The van der Waals surface area contributed by atoms with Crippen molar-refractivity contribution in [3.05, 3.63) is 0 Å². The summed E-state index contributed by atoms with van der Waals surface area (Å²) < 4.78 is 36.4. The van der Waals surface area contributed by atoms with Crippen LogP contribution in [-0.2, 0) is 4.79 Å². The summed E-state index contributed by atoms with van der Waals surface area (Å²) in [5, 5.41) is 3.05. The molecule has 0 radical (unpaired) electrons. The van der Waals surface area contributed by atoms with Gasteiger partial charge in [0.05, 0.1) is 5.41 Å². The zero-order chi connectivity index (χ0) is 12.4. The fraction of sp³-hybridized carbons (Fsp3) is 0.900. The Kier molecular flexibility index (Phi) is 3.83. The van der Waals surface area contributed by atoms with Gasteiger partial charge >= 0.3 is 6.18 Å². The van der Waals surface area contributed by atoms with E-state index in [4.69, 9.17) is 0 Å². The Morgan fingerprint density at radius 2 is 2.12 bits per heavy atom. The molecule has 0 aromatic carbocycles. The molecule has 16 heavy (non-hydrogen) atoms. The molecule has 1 N–H and O–H groups in total. The number of alkyl halides is 3. The number of halogens is 3. The molecule has 1 atom stereocenters. The average Bonchev–Trinajstić information content (AvgIpc) is 2.15. The molecule has 94 valence electrons. The van der Waals surface area contributed by atoms with Gasteiger partial charge in [0.25, 0.3) is 0 Å². The standard InChI is InChI=1S/C10H17F3N2O/c1-9(4-3-5-14-6-9)8(16)15(2)7-10(11,12)13/h14H,3-7H2,1-2H3. The lowest BCUT2D eigenvalue weighted by Crippen LogP contribution is -2.50. The second-order valence-electron chi connectivity index (χ2n) is 4.62. The molecule has 0 saturated carbocycles. The molecule has 0 aromatic rings. The Hall–Kier alpha value is -0.780. The molecule has 1 unspecified atom stereocenters. The molecule has 1 amide bonds. The van der Waals surface area contributed by atoms with Gasteiger partial charge in [-0.05, 0) is 26.3 Å². The first-order valence-electron chi connectivity index (χ1n) is 5.28. The highest BCUT2D eigenvalue weighted by molar-refractivity contribution is 5.82. The number of piperidine rings is 1. The van der Waals surface area contributed by atoms with Gasteiger partial charge in [-0.2, -0.15) is 13.2 Å². The molecule has 3 nitrogen and oxygen atoms in total. The van der Waals surface area contributed by atoms with Crippen LogP contribution in [-0.4, -0.2) is 43.7 Å². The second-order valence-corrected chi connectivity index (χ2v) is 4.62. The van der Waals surface area contributed by atoms with Crippen molar-refractivity contribution in [1.29, 1.82) is 0 Å². The van der Waals surface area contributed by atoms with E-state index < -0.39 is 24.0 Å². The van der Waals surface area contributed by atoms with Gasteiger partial charge in [-0.25, -0.2) is 0 Å². The van der Waals surface area contributed by atoms with Crippen LogP contribution in [0.25, 0.3) is 0 Å². The van der Waals surface area contributed by atoms with Crippen LogP contribution in [0.5, 0.6) is 0 Å². The summed E-state index contributed by atoms with van der Waals surface area (Å²) in [7, 11) is 1.20. The molecule has 1 aliphatic heterocycles. The summed E-state index contributed by atoms with van der Waals surface area (Å²) in [6.45, 7) is 1.82. The number of nitrogens with one attached hydrogen (secondary N) is 1. The third kappa shape index (κ3) is 3.37. The molecular formula is C10H17F3N2O. The summed E-state index contributed by atoms with van der Waals surface area (Å²) in [5.74, 6) is -0.433. The van der Waals surface area contributed by atoms with Crippen LogP contribution in [0, 0.1) is 5.41 Å². The lowest BCUT2D eigenvalue weighted by Gasteiger charge is -2.36. The van der Waals surface area contributed by atoms with E-state index >= 15 is 0 Å². The first-order valence-corrected chi connectivity index (χ1v) is 5.28. The number of carbonyl (C=O) groups excluding carboxylic acids is 1. The molecule has 1 saturated heterocycles. The molecule has 1 fully saturated rings. The third-order valence-corrected chi connectivity index (χ3v) is 2.88. The Balaban J connectivity index is 2.62. The zero-order valence-corrected chi connectivity index (χ0v) is 9.52. The first kappa shape index (κ1) is 13.3. The van der Waals surface area contributed by atoms with Crippen LogP contribution in [0.15, 0.2) is 0 Å². The smallest absolute Gasteiger partial charge is 0.336 e. The minimum Gasteiger partial charge on any atom is -0.336 e. The number of nitrogens with zero attached hydrogens (tertiary/aromatic N) is 1. The maximum atomic E-state index is 12.1. The summed E-state index contributed by atoms with van der Waals surface area (Å²) >= 11 is 0. The van der Waals surface area contributed by atoms with Gasteiger partial charge in [0.2, 0.25) is 5.91 Å². The Labute approximate surface area is 93.0 Å². The quantitative estimate of drug-likeness (QED) is 0.788. The van der Waals surface area contributed by atoms with E-state index in [0.717, 1.165) is 17.9 Å². The molecule has 1 heterocycles. The molecule has 0 bridgehead atoms. The van der Waals surface area contributed by atoms with Gasteiger partial charge in [-0.3, -0.25) is 4.79 Å². The van der Waals surface area contributed by atoms with Crippen molar-refractivity contribution in [2.75, 3.05) is 26.7 Å². The normalized spacial score (nSPS) is 26.6. The molecule has 0 aliphatic carbocycles. The number of carbonyl (C=O) groups is 1. The summed E-state index contributed by atoms with van der Waals surface area (Å²) in [4.78, 5) is 12.7. The van der Waals surface area contributed by atoms with Gasteiger partial charge in [0.15, 0.2) is 0 Å². The SMILES string of the molecule is CN(CC(F)(F)F)C(=O)C1(C)CCCNC1. The van der Waals surface area contributed by atoms with Crippen molar-refractivity contribution in [2.45, 2.75) is 25.9 Å². The van der Waals surface area contributed by atoms with Crippen molar-refractivity contribution >= 4 is 5.91 Å². The van der Waals surface area contributed by atoms with E-state index in [1.807, 2.05) is 0 Å². The summed E-state index contributed by atoms with van der Waals surface area (Å²) in [6, 6.07) is 0. The van der Waals surface area contributed by atoms with Crippen molar-refractivity contribution in [3.63, 3.8) is 0 Å². The highest BCUT2D eigenvalue weighted by Crippen LogP contribution is 2.28. The number of hydrogen-bond acceptors (Lipinski definition) is 2. The minimum absolute atomic E-state index is 0.433. The second kappa shape index (κ2) is 4.61. The van der Waals surface area contributed by atoms with Gasteiger partial charge in [-0.1, -0.05) is 0 Å². The molecule has 1 rings (SSSR count). The zero-order valence-electron chi connectivity index (χ0n) is 9.52. The van der Waals surface area contributed by atoms with Crippen LogP contribution in [0.1, 0.15) is 19.8 Å². The van der Waals surface area contributed by atoms with Crippen LogP contribution >= 0.6 is 0 Å². The minimum atomic E-state index is -4.33. The van der Waals surface area contributed by atoms with Gasteiger partial charge in [0.1, 0.15) is 6.54 Å². The van der Waals surface area contributed by atoms with E-state index in [1.54, 1.807) is 6.92 Å². The average molecular weight is 238 g/mol. The number of rotatable bonds is 2. The van der Waals surface area contributed by atoms with E-state index in [1.165, 1.54) is 7.05 Å². The van der Waals surface area contributed by atoms with Gasteiger partial charge in [0, 0.05) is 13.6 Å². The van der Waals surface area contributed by atoms with Crippen LogP contribution in [0.2, 0.25) is 0 Å². The molecule has 1 aliphatic rings. The number of amides is 1. The van der Waals surface area contributed by atoms with Crippen molar-refractivity contribution in [2.24, 2.45) is 5.41 Å². The molecular weight excluding hydrogens is 221 g/mol. The largest absolute Gasteiger partial charge is 0.406 e. The topological polar surface area (TPSA) is 32.3 Å². The first-order chi connectivity index (χ1) is 7.25. The summed E-state index contributed by atoms with van der Waals surface area (Å²) in [6.07, 6.45) is -2.87. The Morgan fingerprint density at radius 1 is 1.50 bits per heavy atom. The van der Waals surface area contributed by atoms with Crippen molar-refractivity contribution in [3.8, 4) is 0 Å².